The van der Waals surface area contributed by atoms with Gasteiger partial charge in [-0.15, -0.1) is 0 Å². The van der Waals surface area contributed by atoms with E-state index in [0.717, 1.165) is 12.1 Å². The summed E-state index contributed by atoms with van der Waals surface area (Å²) in [5.74, 6) is -1.15. The van der Waals surface area contributed by atoms with E-state index in [9.17, 15) is 22.0 Å². The maximum atomic E-state index is 13.4. The predicted octanol–water partition coefficient (Wildman–Crippen LogP) is 2.97. The zero-order valence-corrected chi connectivity index (χ0v) is 17.0. The summed E-state index contributed by atoms with van der Waals surface area (Å²) in [6.07, 6.45) is 0. The summed E-state index contributed by atoms with van der Waals surface area (Å²) >= 11 is 0. The molecule has 1 saturated heterocycles. The van der Waals surface area contributed by atoms with Gasteiger partial charge in [-0.1, -0.05) is 0 Å². The molecule has 1 aliphatic heterocycles. The number of aromatic nitrogens is 1. The fraction of sp³-hybridized carbons (Fsp3) is 0.238. The Morgan fingerprint density at radius 1 is 0.933 bits per heavy atom. The molecule has 156 valence electrons. The molecule has 4 rings (SSSR count). The minimum atomic E-state index is -3.75. The first-order chi connectivity index (χ1) is 14.3. The number of carbonyl (C=O) groups excluding carboxylic acids is 1. The summed E-state index contributed by atoms with van der Waals surface area (Å²) in [5, 5.41) is 0.655. The molecule has 0 aliphatic carbocycles. The van der Waals surface area contributed by atoms with Crippen LogP contribution in [0.2, 0.25) is 0 Å². The molecule has 2 aromatic carbocycles. The van der Waals surface area contributed by atoms with Gasteiger partial charge in [0.1, 0.15) is 11.6 Å². The Morgan fingerprint density at radius 3 is 2.23 bits per heavy atom. The summed E-state index contributed by atoms with van der Waals surface area (Å²) in [6.45, 7) is 2.40. The molecule has 0 bridgehead atoms. The van der Waals surface area contributed by atoms with Crippen LogP contribution < -0.4 is 0 Å². The zero-order chi connectivity index (χ0) is 21.5. The first-order valence-electron chi connectivity index (χ1n) is 9.37. The number of sulfonamides is 1. The fourth-order valence-corrected chi connectivity index (χ4v) is 4.93. The normalized spacial score (nSPS) is 15.5. The number of piperazine rings is 1. The van der Waals surface area contributed by atoms with Crippen molar-refractivity contribution in [2.24, 2.45) is 0 Å². The zero-order valence-electron chi connectivity index (χ0n) is 16.2. The van der Waals surface area contributed by atoms with Gasteiger partial charge in [0.2, 0.25) is 10.0 Å². The molecule has 1 amide bonds. The number of aryl methyl sites for hydroxylation is 1. The van der Waals surface area contributed by atoms with Crippen LogP contribution in [0.1, 0.15) is 16.1 Å². The highest BCUT2D eigenvalue weighted by atomic mass is 32.2. The van der Waals surface area contributed by atoms with Crippen LogP contribution in [0.3, 0.4) is 0 Å². The van der Waals surface area contributed by atoms with E-state index in [0.29, 0.717) is 22.2 Å². The number of benzene rings is 2. The molecule has 30 heavy (non-hydrogen) atoms. The molecule has 0 atom stereocenters. The third-order valence-corrected chi connectivity index (χ3v) is 7.09. The van der Waals surface area contributed by atoms with Crippen LogP contribution in [0.5, 0.6) is 0 Å². The van der Waals surface area contributed by atoms with Gasteiger partial charge in [-0.2, -0.15) is 4.31 Å². The van der Waals surface area contributed by atoms with E-state index in [1.54, 1.807) is 24.0 Å². The first kappa shape index (κ1) is 20.4. The van der Waals surface area contributed by atoms with Crippen molar-refractivity contribution in [1.29, 1.82) is 0 Å². The molecular formula is C21H19F2N3O3S. The minimum absolute atomic E-state index is 0.0190. The lowest BCUT2D eigenvalue weighted by molar-refractivity contribution is 0.0697. The SMILES string of the molecule is Cc1nc2cc(F)ccc2cc1C(=O)N1CCN(S(=O)(=O)c2ccc(F)cc2)CC1. The van der Waals surface area contributed by atoms with E-state index in [-0.39, 0.29) is 37.0 Å². The van der Waals surface area contributed by atoms with Gasteiger partial charge in [-0.05, 0) is 49.4 Å². The van der Waals surface area contributed by atoms with E-state index < -0.39 is 21.7 Å². The molecule has 1 fully saturated rings. The van der Waals surface area contributed by atoms with Gasteiger partial charge in [0.25, 0.3) is 5.91 Å². The quantitative estimate of drug-likeness (QED) is 0.639. The standard InChI is InChI=1S/C21H19F2N3O3S/c1-14-19(12-15-2-3-17(23)13-20(15)24-14)21(27)25-8-10-26(11-9-25)30(28,29)18-6-4-16(22)5-7-18/h2-7,12-13H,8-11H2,1H3. The molecule has 0 unspecified atom stereocenters. The number of rotatable bonds is 3. The number of halogens is 2. The molecule has 6 nitrogen and oxygen atoms in total. The van der Waals surface area contributed by atoms with Gasteiger partial charge in [-0.3, -0.25) is 9.78 Å². The van der Waals surface area contributed by atoms with Gasteiger partial charge >= 0.3 is 0 Å². The molecule has 1 aliphatic rings. The molecule has 3 aromatic rings. The van der Waals surface area contributed by atoms with Gasteiger partial charge in [0.05, 0.1) is 21.7 Å². The molecular weight excluding hydrogens is 412 g/mol. The Bertz CT molecular complexity index is 1220. The predicted molar refractivity (Wildman–Crippen MR) is 108 cm³/mol. The maximum absolute atomic E-state index is 13.4. The number of amides is 1. The van der Waals surface area contributed by atoms with Crippen molar-refractivity contribution in [3.05, 3.63) is 71.4 Å². The van der Waals surface area contributed by atoms with E-state index in [4.69, 9.17) is 0 Å². The van der Waals surface area contributed by atoms with Gasteiger partial charge in [0, 0.05) is 37.6 Å². The molecule has 0 N–H and O–H groups in total. The van der Waals surface area contributed by atoms with Crippen molar-refractivity contribution in [3.63, 3.8) is 0 Å². The summed E-state index contributed by atoms with van der Waals surface area (Å²) in [4.78, 5) is 18.9. The lowest BCUT2D eigenvalue weighted by atomic mass is 10.1. The number of carbonyl (C=O) groups is 1. The number of nitrogens with zero attached hydrogens (tertiary/aromatic N) is 3. The van der Waals surface area contributed by atoms with Gasteiger partial charge < -0.3 is 4.90 Å². The van der Waals surface area contributed by atoms with Gasteiger partial charge in [-0.25, -0.2) is 17.2 Å². The van der Waals surface area contributed by atoms with E-state index in [1.165, 1.54) is 28.6 Å². The molecule has 2 heterocycles. The van der Waals surface area contributed by atoms with E-state index in [1.807, 2.05) is 0 Å². The second kappa shape index (κ2) is 7.73. The summed E-state index contributed by atoms with van der Waals surface area (Å²) in [7, 11) is -3.75. The van der Waals surface area contributed by atoms with Gasteiger partial charge in [0.15, 0.2) is 0 Å². The molecule has 0 radical (unpaired) electrons. The highest BCUT2D eigenvalue weighted by molar-refractivity contribution is 7.89. The van der Waals surface area contributed by atoms with E-state index >= 15 is 0 Å². The molecule has 0 saturated carbocycles. The van der Waals surface area contributed by atoms with Crippen LogP contribution in [0.4, 0.5) is 8.78 Å². The summed E-state index contributed by atoms with van der Waals surface area (Å²) in [6, 6.07) is 10.6. The van der Waals surface area contributed by atoms with Crippen molar-refractivity contribution < 1.29 is 22.0 Å². The van der Waals surface area contributed by atoms with E-state index in [2.05, 4.69) is 4.98 Å². The minimum Gasteiger partial charge on any atom is -0.336 e. The van der Waals surface area contributed by atoms with Crippen molar-refractivity contribution in [2.45, 2.75) is 11.8 Å². The Morgan fingerprint density at radius 2 is 1.57 bits per heavy atom. The monoisotopic (exact) mass is 431 g/mol. The lowest BCUT2D eigenvalue weighted by Gasteiger charge is -2.34. The van der Waals surface area contributed by atoms with Crippen molar-refractivity contribution >= 4 is 26.8 Å². The molecule has 9 heteroatoms. The second-order valence-corrected chi connectivity index (χ2v) is 9.05. The van der Waals surface area contributed by atoms with Crippen molar-refractivity contribution in [2.75, 3.05) is 26.2 Å². The number of hydrogen-bond acceptors (Lipinski definition) is 4. The van der Waals surface area contributed by atoms with Crippen molar-refractivity contribution in [1.82, 2.24) is 14.2 Å². The number of pyridine rings is 1. The highest BCUT2D eigenvalue weighted by Crippen LogP contribution is 2.22. The highest BCUT2D eigenvalue weighted by Gasteiger charge is 2.31. The van der Waals surface area contributed by atoms with Crippen LogP contribution in [0.15, 0.2) is 53.4 Å². The third-order valence-electron chi connectivity index (χ3n) is 5.18. The van der Waals surface area contributed by atoms with Crippen molar-refractivity contribution in [3.8, 4) is 0 Å². The maximum Gasteiger partial charge on any atom is 0.255 e. The molecule has 0 spiro atoms. The number of hydrogen-bond donors (Lipinski definition) is 0. The fourth-order valence-electron chi connectivity index (χ4n) is 3.51. The average molecular weight is 431 g/mol. The number of fused-ring (bicyclic) bond motifs is 1. The third kappa shape index (κ3) is 3.78. The summed E-state index contributed by atoms with van der Waals surface area (Å²) < 4.78 is 53.3. The van der Waals surface area contributed by atoms with Crippen LogP contribution in [-0.4, -0.2) is 54.7 Å². The Labute approximate surface area is 172 Å². The summed E-state index contributed by atoms with van der Waals surface area (Å²) in [5.41, 5.74) is 1.36. The largest absolute Gasteiger partial charge is 0.336 e. The van der Waals surface area contributed by atoms with Crippen LogP contribution in [-0.2, 0) is 10.0 Å². The lowest BCUT2D eigenvalue weighted by Crippen LogP contribution is -2.50. The van der Waals surface area contributed by atoms with Crippen LogP contribution >= 0.6 is 0 Å². The Hall–Kier alpha value is -2.91. The molecule has 1 aromatic heterocycles. The first-order valence-corrected chi connectivity index (χ1v) is 10.8. The second-order valence-electron chi connectivity index (χ2n) is 7.11. The Kier molecular flexibility index (Phi) is 5.25. The smallest absolute Gasteiger partial charge is 0.255 e. The van der Waals surface area contributed by atoms with Crippen LogP contribution in [0, 0.1) is 18.6 Å². The topological polar surface area (TPSA) is 70.6 Å². The average Bonchev–Trinajstić information content (AvgIpc) is 2.73. The Balaban J connectivity index is 1.51. The van der Waals surface area contributed by atoms with Crippen LogP contribution in [0.25, 0.3) is 10.9 Å².